The third-order valence-corrected chi connectivity index (χ3v) is 3.16. The third kappa shape index (κ3) is 4.37. The lowest BCUT2D eigenvalue weighted by molar-refractivity contribution is -0.115. The van der Waals surface area contributed by atoms with Gasteiger partial charge in [-0.15, -0.1) is 0 Å². The molecule has 0 aromatic carbocycles. The van der Waals surface area contributed by atoms with Crippen molar-refractivity contribution < 1.29 is 14.6 Å². The van der Waals surface area contributed by atoms with Crippen LogP contribution in [0.15, 0.2) is 0 Å². The summed E-state index contributed by atoms with van der Waals surface area (Å²) in [7, 11) is 1.68. The zero-order chi connectivity index (χ0) is 12.0. The van der Waals surface area contributed by atoms with Crippen LogP contribution in [-0.4, -0.2) is 50.2 Å². The maximum atomic E-state index is 10.4. The van der Waals surface area contributed by atoms with E-state index in [1.807, 2.05) is 0 Å². The Bertz CT molecular complexity index is 199. The molecule has 96 valence electrons. The summed E-state index contributed by atoms with van der Waals surface area (Å²) in [5, 5.41) is 13.6. The summed E-state index contributed by atoms with van der Waals surface area (Å²) in [6, 6.07) is 0. The zero-order valence-electron chi connectivity index (χ0n) is 10.7. The molecule has 2 atom stereocenters. The molecule has 0 aliphatic carbocycles. The van der Waals surface area contributed by atoms with Crippen LogP contribution in [0, 0.1) is 5.92 Å². The molecule has 1 fully saturated rings. The van der Waals surface area contributed by atoms with E-state index < -0.39 is 5.60 Å². The van der Waals surface area contributed by atoms with E-state index in [0.29, 0.717) is 25.7 Å². The van der Waals surface area contributed by atoms with E-state index in [9.17, 15) is 5.11 Å². The van der Waals surface area contributed by atoms with Gasteiger partial charge in [-0.3, -0.25) is 0 Å². The Balaban J connectivity index is 2.31. The molecule has 0 amide bonds. The predicted octanol–water partition coefficient (Wildman–Crippen LogP) is 0.788. The number of nitrogens with one attached hydrogen (secondary N) is 1. The van der Waals surface area contributed by atoms with Gasteiger partial charge < -0.3 is 19.9 Å². The van der Waals surface area contributed by atoms with Crippen LogP contribution in [0.5, 0.6) is 0 Å². The molecule has 0 saturated carbocycles. The fourth-order valence-electron chi connectivity index (χ4n) is 2.02. The molecule has 4 heteroatoms. The predicted molar refractivity (Wildman–Crippen MR) is 63.5 cm³/mol. The molecule has 0 aromatic heterocycles. The van der Waals surface area contributed by atoms with Gasteiger partial charge in [-0.1, -0.05) is 13.8 Å². The smallest absolute Gasteiger partial charge is 0.0818 e. The second-order valence-electron chi connectivity index (χ2n) is 5.00. The van der Waals surface area contributed by atoms with Gasteiger partial charge >= 0.3 is 0 Å². The van der Waals surface area contributed by atoms with Crippen LogP contribution in [0.25, 0.3) is 0 Å². The minimum absolute atomic E-state index is 0.183. The summed E-state index contributed by atoms with van der Waals surface area (Å²) in [5.41, 5.74) is -0.610. The van der Waals surface area contributed by atoms with E-state index in [1.54, 1.807) is 7.11 Å². The van der Waals surface area contributed by atoms with Gasteiger partial charge in [0.05, 0.1) is 18.3 Å². The number of methoxy groups -OCH3 is 1. The summed E-state index contributed by atoms with van der Waals surface area (Å²) in [5.74, 6) is 0.464. The summed E-state index contributed by atoms with van der Waals surface area (Å²) in [6.07, 6.45) is 1.63. The van der Waals surface area contributed by atoms with Crippen molar-refractivity contribution in [2.75, 3.05) is 33.4 Å². The summed E-state index contributed by atoms with van der Waals surface area (Å²) < 4.78 is 10.6. The molecule has 1 aliphatic rings. The summed E-state index contributed by atoms with van der Waals surface area (Å²) >= 11 is 0. The van der Waals surface area contributed by atoms with E-state index in [4.69, 9.17) is 9.47 Å². The second kappa shape index (κ2) is 6.55. The quantitative estimate of drug-likeness (QED) is 0.664. The Morgan fingerprint density at radius 1 is 1.56 bits per heavy atom. The standard InChI is InChI=1S/C12H25NO3/c1-10(2)11-8-12(14,4-6-16-11)9-13-5-7-15-3/h10-11,13-14H,4-9H2,1-3H3. The minimum atomic E-state index is -0.610. The van der Waals surface area contributed by atoms with Gasteiger partial charge in [0.1, 0.15) is 0 Å². The fraction of sp³-hybridized carbons (Fsp3) is 1.00. The number of hydrogen-bond donors (Lipinski definition) is 2. The van der Waals surface area contributed by atoms with Crippen molar-refractivity contribution >= 4 is 0 Å². The lowest BCUT2D eigenvalue weighted by Gasteiger charge is -2.38. The lowest BCUT2D eigenvalue weighted by atomic mass is 9.86. The van der Waals surface area contributed by atoms with Crippen molar-refractivity contribution in [2.24, 2.45) is 5.92 Å². The Morgan fingerprint density at radius 3 is 2.94 bits per heavy atom. The first-order chi connectivity index (χ1) is 7.57. The van der Waals surface area contributed by atoms with E-state index in [1.165, 1.54) is 0 Å². The molecule has 0 bridgehead atoms. The molecular weight excluding hydrogens is 206 g/mol. The molecule has 0 aromatic rings. The van der Waals surface area contributed by atoms with Crippen molar-refractivity contribution in [3.63, 3.8) is 0 Å². The topological polar surface area (TPSA) is 50.7 Å². The van der Waals surface area contributed by atoms with Crippen LogP contribution < -0.4 is 5.32 Å². The molecule has 1 saturated heterocycles. The number of rotatable bonds is 6. The van der Waals surface area contributed by atoms with Gasteiger partial charge in [0, 0.05) is 39.6 Å². The number of hydrogen-bond acceptors (Lipinski definition) is 4. The second-order valence-corrected chi connectivity index (χ2v) is 5.00. The van der Waals surface area contributed by atoms with Gasteiger partial charge in [-0.05, 0) is 5.92 Å². The monoisotopic (exact) mass is 231 g/mol. The number of aliphatic hydroxyl groups is 1. The molecule has 1 aliphatic heterocycles. The van der Waals surface area contributed by atoms with E-state index in [-0.39, 0.29) is 6.10 Å². The van der Waals surface area contributed by atoms with Crippen LogP contribution >= 0.6 is 0 Å². The Morgan fingerprint density at radius 2 is 2.31 bits per heavy atom. The largest absolute Gasteiger partial charge is 0.388 e. The van der Waals surface area contributed by atoms with Gasteiger partial charge in [0.15, 0.2) is 0 Å². The van der Waals surface area contributed by atoms with Crippen molar-refractivity contribution in [3.05, 3.63) is 0 Å². The molecule has 4 nitrogen and oxygen atoms in total. The molecule has 2 unspecified atom stereocenters. The van der Waals surface area contributed by atoms with Crippen molar-refractivity contribution in [3.8, 4) is 0 Å². The van der Waals surface area contributed by atoms with Crippen molar-refractivity contribution in [1.29, 1.82) is 0 Å². The number of ether oxygens (including phenoxy) is 2. The normalized spacial score (nSPS) is 30.9. The Hall–Kier alpha value is -0.160. The minimum Gasteiger partial charge on any atom is -0.388 e. The lowest BCUT2D eigenvalue weighted by Crippen LogP contribution is -2.49. The molecule has 0 radical (unpaired) electrons. The van der Waals surface area contributed by atoms with Gasteiger partial charge in [-0.2, -0.15) is 0 Å². The third-order valence-electron chi connectivity index (χ3n) is 3.16. The van der Waals surface area contributed by atoms with Gasteiger partial charge in [0.25, 0.3) is 0 Å². The summed E-state index contributed by atoms with van der Waals surface area (Å²) in [4.78, 5) is 0. The highest BCUT2D eigenvalue weighted by Gasteiger charge is 2.35. The first-order valence-corrected chi connectivity index (χ1v) is 6.11. The van der Waals surface area contributed by atoms with Crippen molar-refractivity contribution in [2.45, 2.75) is 38.4 Å². The van der Waals surface area contributed by atoms with E-state index in [0.717, 1.165) is 19.4 Å². The van der Waals surface area contributed by atoms with Crippen LogP contribution in [0.2, 0.25) is 0 Å². The molecule has 0 spiro atoms. The highest BCUT2D eigenvalue weighted by atomic mass is 16.5. The SMILES string of the molecule is COCCNCC1(O)CCOC(C(C)C)C1. The summed E-state index contributed by atoms with van der Waals surface area (Å²) in [6.45, 7) is 7.02. The van der Waals surface area contributed by atoms with Crippen LogP contribution in [0.3, 0.4) is 0 Å². The van der Waals surface area contributed by atoms with E-state index in [2.05, 4.69) is 19.2 Å². The maximum Gasteiger partial charge on any atom is 0.0818 e. The highest BCUT2D eigenvalue weighted by Crippen LogP contribution is 2.27. The molecular formula is C12H25NO3. The average Bonchev–Trinajstić information content (AvgIpc) is 2.24. The van der Waals surface area contributed by atoms with E-state index >= 15 is 0 Å². The fourth-order valence-corrected chi connectivity index (χ4v) is 2.02. The van der Waals surface area contributed by atoms with Gasteiger partial charge in [-0.25, -0.2) is 0 Å². The first kappa shape index (κ1) is 13.9. The van der Waals surface area contributed by atoms with Crippen LogP contribution in [0.4, 0.5) is 0 Å². The molecule has 16 heavy (non-hydrogen) atoms. The zero-order valence-corrected chi connectivity index (χ0v) is 10.7. The Kier molecular flexibility index (Phi) is 5.69. The molecule has 2 N–H and O–H groups in total. The molecule has 1 rings (SSSR count). The highest BCUT2D eigenvalue weighted by molar-refractivity contribution is 4.88. The average molecular weight is 231 g/mol. The first-order valence-electron chi connectivity index (χ1n) is 6.11. The van der Waals surface area contributed by atoms with Gasteiger partial charge in [0.2, 0.25) is 0 Å². The Labute approximate surface area is 98.3 Å². The maximum absolute atomic E-state index is 10.4. The van der Waals surface area contributed by atoms with Crippen LogP contribution in [0.1, 0.15) is 26.7 Å². The van der Waals surface area contributed by atoms with Crippen molar-refractivity contribution in [1.82, 2.24) is 5.32 Å². The van der Waals surface area contributed by atoms with Crippen LogP contribution in [-0.2, 0) is 9.47 Å². The molecule has 1 heterocycles.